The standard InChI is InChI=1S/C16H18N2O/c1-10-13-5-3-4-6-15(13)17-9-14(10)16(19)18-11(2)12-7-8-12/h3-6,9,11-12H,7-8H2,1-2H3,(H,18,19)/t11-/m1/s1. The van der Waals surface area contributed by atoms with Crippen molar-refractivity contribution in [2.45, 2.75) is 32.7 Å². The van der Waals surface area contributed by atoms with Crippen LogP contribution >= 0.6 is 0 Å². The quantitative estimate of drug-likeness (QED) is 0.914. The molecule has 0 unspecified atom stereocenters. The summed E-state index contributed by atoms with van der Waals surface area (Å²) in [5.41, 5.74) is 2.63. The zero-order chi connectivity index (χ0) is 13.4. The van der Waals surface area contributed by atoms with E-state index in [9.17, 15) is 4.79 Å². The first-order valence-corrected chi connectivity index (χ1v) is 6.82. The normalized spacial score (nSPS) is 16.3. The maximum Gasteiger partial charge on any atom is 0.253 e. The average molecular weight is 254 g/mol. The van der Waals surface area contributed by atoms with Crippen LogP contribution < -0.4 is 5.32 Å². The lowest BCUT2D eigenvalue weighted by atomic mass is 10.0. The van der Waals surface area contributed by atoms with Crippen molar-refractivity contribution < 1.29 is 4.79 Å². The summed E-state index contributed by atoms with van der Waals surface area (Å²) in [7, 11) is 0. The van der Waals surface area contributed by atoms with Crippen molar-refractivity contribution in [2.24, 2.45) is 5.92 Å². The minimum Gasteiger partial charge on any atom is -0.349 e. The third kappa shape index (κ3) is 2.33. The summed E-state index contributed by atoms with van der Waals surface area (Å²) >= 11 is 0. The molecule has 0 bridgehead atoms. The lowest BCUT2D eigenvalue weighted by Crippen LogP contribution is -2.34. The summed E-state index contributed by atoms with van der Waals surface area (Å²) < 4.78 is 0. The van der Waals surface area contributed by atoms with Gasteiger partial charge >= 0.3 is 0 Å². The van der Waals surface area contributed by atoms with Crippen molar-refractivity contribution in [3.63, 3.8) is 0 Å². The number of fused-ring (bicyclic) bond motifs is 1. The summed E-state index contributed by atoms with van der Waals surface area (Å²) in [6.07, 6.45) is 4.15. The second-order valence-corrected chi connectivity index (χ2v) is 5.41. The van der Waals surface area contributed by atoms with E-state index in [1.807, 2.05) is 31.2 Å². The van der Waals surface area contributed by atoms with E-state index in [2.05, 4.69) is 17.2 Å². The minimum absolute atomic E-state index is 0.00449. The third-order valence-electron chi connectivity index (χ3n) is 3.98. The molecule has 0 radical (unpaired) electrons. The Balaban J connectivity index is 1.91. The fourth-order valence-corrected chi connectivity index (χ4v) is 2.51. The Morgan fingerprint density at radius 3 is 2.84 bits per heavy atom. The molecule has 1 aromatic carbocycles. The molecule has 1 amide bonds. The van der Waals surface area contributed by atoms with Crippen molar-refractivity contribution in [1.82, 2.24) is 10.3 Å². The largest absolute Gasteiger partial charge is 0.349 e. The van der Waals surface area contributed by atoms with Crippen molar-refractivity contribution >= 4 is 16.8 Å². The number of aromatic nitrogens is 1. The molecular formula is C16H18N2O. The van der Waals surface area contributed by atoms with Crippen LogP contribution in [0.25, 0.3) is 10.9 Å². The molecular weight excluding hydrogens is 236 g/mol. The molecule has 1 fully saturated rings. The molecule has 1 aliphatic rings. The van der Waals surface area contributed by atoms with Crippen LogP contribution in [0.4, 0.5) is 0 Å². The van der Waals surface area contributed by atoms with Gasteiger partial charge in [0.25, 0.3) is 5.91 Å². The Bertz CT molecular complexity index is 632. The highest BCUT2D eigenvalue weighted by atomic mass is 16.1. The summed E-state index contributed by atoms with van der Waals surface area (Å²) in [5.74, 6) is 0.660. The first-order valence-electron chi connectivity index (χ1n) is 6.82. The molecule has 3 rings (SSSR count). The van der Waals surface area contributed by atoms with Gasteiger partial charge in [0.15, 0.2) is 0 Å². The summed E-state index contributed by atoms with van der Waals surface area (Å²) in [5, 5.41) is 4.13. The molecule has 1 aromatic heterocycles. The van der Waals surface area contributed by atoms with E-state index in [-0.39, 0.29) is 11.9 Å². The Kier molecular flexibility index (Phi) is 2.97. The number of rotatable bonds is 3. The minimum atomic E-state index is -0.00449. The number of aryl methyl sites for hydroxylation is 1. The van der Waals surface area contributed by atoms with Gasteiger partial charge < -0.3 is 5.32 Å². The maximum atomic E-state index is 12.3. The zero-order valence-corrected chi connectivity index (χ0v) is 11.3. The SMILES string of the molecule is Cc1c(C(=O)N[C@H](C)C2CC2)cnc2ccccc12. The second kappa shape index (κ2) is 4.65. The molecule has 0 saturated heterocycles. The number of pyridine rings is 1. The number of nitrogens with one attached hydrogen (secondary N) is 1. The lowest BCUT2D eigenvalue weighted by molar-refractivity contribution is 0.0935. The highest BCUT2D eigenvalue weighted by Crippen LogP contribution is 2.32. The van der Waals surface area contributed by atoms with Crippen LogP contribution in [0.15, 0.2) is 30.5 Å². The van der Waals surface area contributed by atoms with Crippen LogP contribution in [-0.4, -0.2) is 16.9 Å². The number of para-hydroxylation sites is 1. The lowest BCUT2D eigenvalue weighted by Gasteiger charge is -2.14. The first-order chi connectivity index (χ1) is 9.16. The van der Waals surface area contributed by atoms with Gasteiger partial charge in [-0.3, -0.25) is 9.78 Å². The van der Waals surface area contributed by atoms with Crippen LogP contribution in [0, 0.1) is 12.8 Å². The Labute approximate surface area is 113 Å². The number of hydrogen-bond donors (Lipinski definition) is 1. The molecule has 1 heterocycles. The van der Waals surface area contributed by atoms with Gasteiger partial charge in [0.2, 0.25) is 0 Å². The van der Waals surface area contributed by atoms with Crippen molar-refractivity contribution in [2.75, 3.05) is 0 Å². The fourth-order valence-electron chi connectivity index (χ4n) is 2.51. The molecule has 0 spiro atoms. The smallest absolute Gasteiger partial charge is 0.253 e. The Hall–Kier alpha value is -1.90. The van der Waals surface area contributed by atoms with Gasteiger partial charge in [-0.2, -0.15) is 0 Å². The number of amides is 1. The first kappa shape index (κ1) is 12.2. The van der Waals surface area contributed by atoms with Crippen LogP contribution in [-0.2, 0) is 0 Å². The van der Waals surface area contributed by atoms with Crippen LogP contribution in [0.3, 0.4) is 0 Å². The Morgan fingerprint density at radius 2 is 2.11 bits per heavy atom. The average Bonchev–Trinajstić information content (AvgIpc) is 3.23. The molecule has 19 heavy (non-hydrogen) atoms. The number of carbonyl (C=O) groups excluding carboxylic acids is 1. The number of benzene rings is 1. The molecule has 3 nitrogen and oxygen atoms in total. The monoisotopic (exact) mass is 254 g/mol. The molecule has 3 heteroatoms. The predicted molar refractivity (Wildman–Crippen MR) is 76.1 cm³/mol. The number of nitrogens with zero attached hydrogens (tertiary/aromatic N) is 1. The molecule has 1 saturated carbocycles. The topological polar surface area (TPSA) is 42.0 Å². The zero-order valence-electron chi connectivity index (χ0n) is 11.3. The molecule has 1 atom stereocenters. The summed E-state index contributed by atoms with van der Waals surface area (Å²) in [4.78, 5) is 16.7. The predicted octanol–water partition coefficient (Wildman–Crippen LogP) is 3.07. The van der Waals surface area contributed by atoms with Gasteiger partial charge in [0.1, 0.15) is 0 Å². The van der Waals surface area contributed by atoms with Crippen LogP contribution in [0.5, 0.6) is 0 Å². The van der Waals surface area contributed by atoms with Crippen molar-refractivity contribution in [3.05, 3.63) is 41.6 Å². The Morgan fingerprint density at radius 1 is 1.37 bits per heavy atom. The van der Waals surface area contributed by atoms with E-state index in [1.54, 1.807) is 6.20 Å². The van der Waals surface area contributed by atoms with E-state index in [1.165, 1.54) is 12.8 Å². The molecule has 1 aliphatic carbocycles. The molecule has 98 valence electrons. The van der Waals surface area contributed by atoms with Crippen LogP contribution in [0.1, 0.15) is 35.7 Å². The van der Waals surface area contributed by atoms with Crippen molar-refractivity contribution in [1.29, 1.82) is 0 Å². The highest BCUT2D eigenvalue weighted by molar-refractivity contribution is 6.00. The van der Waals surface area contributed by atoms with Gasteiger partial charge in [0, 0.05) is 17.6 Å². The van der Waals surface area contributed by atoms with E-state index in [4.69, 9.17) is 0 Å². The summed E-state index contributed by atoms with van der Waals surface area (Å²) in [6, 6.07) is 8.18. The van der Waals surface area contributed by atoms with Crippen molar-refractivity contribution in [3.8, 4) is 0 Å². The molecule has 2 aromatic rings. The third-order valence-corrected chi connectivity index (χ3v) is 3.98. The van der Waals surface area contributed by atoms with Crippen LogP contribution in [0.2, 0.25) is 0 Å². The van der Waals surface area contributed by atoms with E-state index < -0.39 is 0 Å². The van der Waals surface area contributed by atoms with Gasteiger partial charge in [0.05, 0.1) is 11.1 Å². The van der Waals surface area contributed by atoms with Gasteiger partial charge in [-0.1, -0.05) is 18.2 Å². The van der Waals surface area contributed by atoms with E-state index in [0.717, 1.165) is 16.5 Å². The number of carbonyl (C=O) groups is 1. The second-order valence-electron chi connectivity index (χ2n) is 5.41. The van der Waals surface area contributed by atoms with E-state index in [0.29, 0.717) is 11.5 Å². The summed E-state index contributed by atoms with van der Waals surface area (Å²) in [6.45, 7) is 4.07. The van der Waals surface area contributed by atoms with E-state index >= 15 is 0 Å². The maximum absolute atomic E-state index is 12.3. The highest BCUT2D eigenvalue weighted by Gasteiger charge is 2.29. The molecule has 0 aliphatic heterocycles. The molecule has 1 N–H and O–H groups in total. The van der Waals surface area contributed by atoms with Gasteiger partial charge in [-0.15, -0.1) is 0 Å². The number of hydrogen-bond acceptors (Lipinski definition) is 2. The fraction of sp³-hybridized carbons (Fsp3) is 0.375. The van der Waals surface area contributed by atoms with Gasteiger partial charge in [-0.25, -0.2) is 0 Å². The van der Waals surface area contributed by atoms with Gasteiger partial charge in [-0.05, 0) is 44.2 Å².